The summed E-state index contributed by atoms with van der Waals surface area (Å²) in [6, 6.07) is 0. The SMILES string of the molecule is COCCNCC(O)COC(C)C. The van der Waals surface area contributed by atoms with Gasteiger partial charge in [-0.05, 0) is 13.8 Å². The molecule has 2 N–H and O–H groups in total. The largest absolute Gasteiger partial charge is 0.389 e. The summed E-state index contributed by atoms with van der Waals surface area (Å²) in [6.45, 7) is 6.26. The summed E-state index contributed by atoms with van der Waals surface area (Å²) in [7, 11) is 1.65. The third-order valence-electron chi connectivity index (χ3n) is 1.48. The van der Waals surface area contributed by atoms with Crippen molar-refractivity contribution in [1.29, 1.82) is 0 Å². The maximum atomic E-state index is 9.37. The van der Waals surface area contributed by atoms with Crippen LogP contribution in [0.5, 0.6) is 0 Å². The first-order valence-electron chi connectivity index (χ1n) is 4.66. The highest BCUT2D eigenvalue weighted by Gasteiger charge is 2.04. The summed E-state index contributed by atoms with van der Waals surface area (Å²) in [5.74, 6) is 0. The molecule has 80 valence electrons. The Bertz CT molecular complexity index is 109. The molecule has 0 aromatic carbocycles. The molecule has 1 unspecified atom stereocenters. The van der Waals surface area contributed by atoms with Crippen molar-refractivity contribution < 1.29 is 14.6 Å². The van der Waals surface area contributed by atoms with E-state index in [0.29, 0.717) is 19.8 Å². The van der Waals surface area contributed by atoms with Gasteiger partial charge < -0.3 is 19.9 Å². The third-order valence-corrected chi connectivity index (χ3v) is 1.48. The van der Waals surface area contributed by atoms with Crippen LogP contribution in [0.1, 0.15) is 13.8 Å². The van der Waals surface area contributed by atoms with Crippen LogP contribution in [0.3, 0.4) is 0 Å². The van der Waals surface area contributed by atoms with Crippen molar-refractivity contribution in [2.75, 3.05) is 33.4 Å². The van der Waals surface area contributed by atoms with E-state index < -0.39 is 6.10 Å². The van der Waals surface area contributed by atoms with E-state index >= 15 is 0 Å². The molecule has 0 rings (SSSR count). The highest BCUT2D eigenvalue weighted by atomic mass is 16.5. The van der Waals surface area contributed by atoms with Gasteiger partial charge in [0.2, 0.25) is 0 Å². The van der Waals surface area contributed by atoms with E-state index in [0.717, 1.165) is 6.54 Å². The maximum Gasteiger partial charge on any atom is 0.0897 e. The minimum Gasteiger partial charge on any atom is -0.389 e. The summed E-state index contributed by atoms with van der Waals surface area (Å²) in [6.07, 6.45) is -0.257. The number of hydrogen-bond acceptors (Lipinski definition) is 4. The second kappa shape index (κ2) is 8.44. The predicted molar refractivity (Wildman–Crippen MR) is 51.8 cm³/mol. The van der Waals surface area contributed by atoms with Crippen molar-refractivity contribution in [3.05, 3.63) is 0 Å². The molecule has 0 spiro atoms. The van der Waals surface area contributed by atoms with Crippen molar-refractivity contribution >= 4 is 0 Å². The molecule has 0 saturated carbocycles. The van der Waals surface area contributed by atoms with Gasteiger partial charge in [-0.25, -0.2) is 0 Å². The Hall–Kier alpha value is -0.160. The zero-order valence-corrected chi connectivity index (χ0v) is 8.75. The summed E-state index contributed by atoms with van der Waals surface area (Å²) in [4.78, 5) is 0. The monoisotopic (exact) mass is 191 g/mol. The van der Waals surface area contributed by atoms with Crippen LogP contribution < -0.4 is 5.32 Å². The lowest BCUT2D eigenvalue weighted by molar-refractivity contribution is 0.00599. The summed E-state index contributed by atoms with van der Waals surface area (Å²) >= 11 is 0. The molecule has 0 aliphatic rings. The standard InChI is InChI=1S/C9H21NO3/c1-8(2)13-7-9(11)6-10-4-5-12-3/h8-11H,4-7H2,1-3H3. The number of hydrogen-bond donors (Lipinski definition) is 2. The molecule has 0 aliphatic carbocycles. The van der Waals surface area contributed by atoms with Gasteiger partial charge in [0, 0.05) is 20.2 Å². The molecule has 0 aliphatic heterocycles. The Morgan fingerprint density at radius 2 is 2.08 bits per heavy atom. The van der Waals surface area contributed by atoms with E-state index in [1.54, 1.807) is 7.11 Å². The minimum absolute atomic E-state index is 0.175. The van der Waals surface area contributed by atoms with E-state index in [4.69, 9.17) is 9.47 Å². The second-order valence-electron chi connectivity index (χ2n) is 3.23. The van der Waals surface area contributed by atoms with Gasteiger partial charge in [0.05, 0.1) is 25.4 Å². The zero-order valence-electron chi connectivity index (χ0n) is 8.75. The Balaban J connectivity index is 3.15. The van der Waals surface area contributed by atoms with Gasteiger partial charge in [-0.1, -0.05) is 0 Å². The highest BCUT2D eigenvalue weighted by molar-refractivity contribution is 4.58. The molecule has 13 heavy (non-hydrogen) atoms. The van der Waals surface area contributed by atoms with Crippen LogP contribution in [0.2, 0.25) is 0 Å². The van der Waals surface area contributed by atoms with Crippen molar-refractivity contribution in [3.63, 3.8) is 0 Å². The smallest absolute Gasteiger partial charge is 0.0897 e. The number of methoxy groups -OCH3 is 1. The average molecular weight is 191 g/mol. The molecule has 0 aromatic heterocycles. The lowest BCUT2D eigenvalue weighted by Gasteiger charge is -2.13. The topological polar surface area (TPSA) is 50.7 Å². The van der Waals surface area contributed by atoms with E-state index in [9.17, 15) is 5.11 Å². The first-order chi connectivity index (χ1) is 6.16. The molecule has 0 aromatic rings. The molecule has 0 radical (unpaired) electrons. The first kappa shape index (κ1) is 12.8. The van der Waals surface area contributed by atoms with Gasteiger partial charge in [-0.3, -0.25) is 0 Å². The van der Waals surface area contributed by atoms with Gasteiger partial charge in [0.15, 0.2) is 0 Å². The van der Waals surface area contributed by atoms with Crippen LogP contribution in [0, 0.1) is 0 Å². The summed E-state index contributed by atoms with van der Waals surface area (Å²) < 4.78 is 10.1. The number of aliphatic hydroxyl groups is 1. The van der Waals surface area contributed by atoms with Gasteiger partial charge in [0.25, 0.3) is 0 Å². The van der Waals surface area contributed by atoms with Gasteiger partial charge in [-0.15, -0.1) is 0 Å². The van der Waals surface area contributed by atoms with Crippen LogP contribution in [0.4, 0.5) is 0 Å². The van der Waals surface area contributed by atoms with Crippen LogP contribution in [-0.4, -0.2) is 50.7 Å². The lowest BCUT2D eigenvalue weighted by Crippen LogP contribution is -2.33. The molecule has 0 heterocycles. The molecule has 0 fully saturated rings. The average Bonchev–Trinajstić information content (AvgIpc) is 2.09. The Labute approximate surface area is 80.2 Å². The molecular weight excluding hydrogens is 170 g/mol. The quantitative estimate of drug-likeness (QED) is 0.531. The van der Waals surface area contributed by atoms with Crippen molar-refractivity contribution in [3.8, 4) is 0 Å². The summed E-state index contributed by atoms with van der Waals surface area (Å²) in [5, 5.41) is 12.4. The van der Waals surface area contributed by atoms with E-state index in [1.165, 1.54) is 0 Å². The molecule has 1 atom stereocenters. The zero-order chi connectivity index (χ0) is 10.1. The van der Waals surface area contributed by atoms with Gasteiger partial charge in [-0.2, -0.15) is 0 Å². The fourth-order valence-electron chi connectivity index (χ4n) is 0.805. The minimum atomic E-state index is -0.431. The fourth-order valence-corrected chi connectivity index (χ4v) is 0.805. The molecule has 0 bridgehead atoms. The van der Waals surface area contributed by atoms with Gasteiger partial charge >= 0.3 is 0 Å². The molecule has 0 saturated heterocycles. The van der Waals surface area contributed by atoms with E-state index in [1.807, 2.05) is 13.8 Å². The maximum absolute atomic E-state index is 9.37. The Kier molecular flexibility index (Phi) is 8.33. The number of aliphatic hydroxyl groups excluding tert-OH is 1. The van der Waals surface area contributed by atoms with Crippen molar-refractivity contribution in [1.82, 2.24) is 5.32 Å². The van der Waals surface area contributed by atoms with E-state index in [-0.39, 0.29) is 6.10 Å². The molecule has 4 nitrogen and oxygen atoms in total. The fraction of sp³-hybridized carbons (Fsp3) is 1.00. The molecular formula is C9H21NO3. The number of nitrogens with one attached hydrogen (secondary N) is 1. The number of ether oxygens (including phenoxy) is 2. The Morgan fingerprint density at radius 1 is 1.38 bits per heavy atom. The van der Waals surface area contributed by atoms with E-state index in [2.05, 4.69) is 5.32 Å². The highest BCUT2D eigenvalue weighted by Crippen LogP contribution is 1.90. The van der Waals surface area contributed by atoms with Crippen molar-refractivity contribution in [2.24, 2.45) is 0 Å². The van der Waals surface area contributed by atoms with Gasteiger partial charge in [0.1, 0.15) is 0 Å². The number of rotatable bonds is 8. The molecule has 0 amide bonds. The van der Waals surface area contributed by atoms with Crippen LogP contribution in [0.15, 0.2) is 0 Å². The predicted octanol–water partition coefficient (Wildman–Crippen LogP) is 0.00830. The van der Waals surface area contributed by atoms with Crippen LogP contribution in [-0.2, 0) is 9.47 Å². The first-order valence-corrected chi connectivity index (χ1v) is 4.66. The third kappa shape index (κ3) is 9.76. The normalized spacial score (nSPS) is 13.6. The lowest BCUT2D eigenvalue weighted by atomic mass is 10.3. The Morgan fingerprint density at radius 3 is 2.62 bits per heavy atom. The molecule has 4 heteroatoms. The second-order valence-corrected chi connectivity index (χ2v) is 3.23. The van der Waals surface area contributed by atoms with Crippen LogP contribution in [0.25, 0.3) is 0 Å². The van der Waals surface area contributed by atoms with Crippen molar-refractivity contribution in [2.45, 2.75) is 26.1 Å². The summed E-state index contributed by atoms with van der Waals surface area (Å²) in [5.41, 5.74) is 0. The van der Waals surface area contributed by atoms with Crippen LogP contribution >= 0.6 is 0 Å².